The Labute approximate surface area is 73.6 Å². The Bertz CT molecular complexity index is 216. The normalized spacial score (nSPS) is 26.9. The first-order chi connectivity index (χ1) is 5.41. The van der Waals surface area contributed by atoms with Crippen LogP contribution in [-0.4, -0.2) is 11.6 Å². The molecule has 0 aromatic carbocycles. The van der Waals surface area contributed by atoms with Crippen molar-refractivity contribution in [2.45, 2.75) is 39.2 Å². The van der Waals surface area contributed by atoms with E-state index in [1.807, 2.05) is 20.8 Å². The predicted molar refractivity (Wildman–Crippen MR) is 47.7 cm³/mol. The van der Waals surface area contributed by atoms with Gasteiger partial charge in [-0.3, -0.25) is 4.79 Å². The molecule has 0 amide bonds. The van der Waals surface area contributed by atoms with Crippen LogP contribution in [0.4, 0.5) is 0 Å². The molecule has 0 bridgehead atoms. The van der Waals surface area contributed by atoms with Gasteiger partial charge < -0.3 is 4.74 Å². The van der Waals surface area contributed by atoms with E-state index in [1.165, 1.54) is 0 Å². The number of hydrogen-bond acceptors (Lipinski definition) is 2. The van der Waals surface area contributed by atoms with Crippen molar-refractivity contribution in [3.8, 4) is 0 Å². The number of hydrogen-bond donors (Lipinski definition) is 0. The third-order valence-corrected chi connectivity index (χ3v) is 2.04. The lowest BCUT2D eigenvalue weighted by Gasteiger charge is -2.14. The van der Waals surface area contributed by atoms with Crippen molar-refractivity contribution < 1.29 is 9.53 Å². The molecule has 0 aliphatic carbocycles. The molecule has 2 heteroatoms. The number of rotatable bonds is 2. The van der Waals surface area contributed by atoms with Crippen LogP contribution in [0.2, 0.25) is 0 Å². The highest BCUT2D eigenvalue weighted by atomic mass is 16.6. The maximum atomic E-state index is 11.3. The van der Waals surface area contributed by atoms with Crippen LogP contribution in [0.1, 0.15) is 33.6 Å². The lowest BCUT2D eigenvalue weighted by molar-refractivity contribution is -0.148. The van der Waals surface area contributed by atoms with Crippen molar-refractivity contribution in [3.63, 3.8) is 0 Å². The molecule has 1 aliphatic heterocycles. The molecule has 0 N–H and O–H groups in total. The summed E-state index contributed by atoms with van der Waals surface area (Å²) < 4.78 is 5.18. The standard InChI is InChI=1S/C10H16O2/c1-7(2)5-8-6-10(3,4)12-9(8)11/h8H,1,5-6H2,2-4H3. The number of esters is 1. The van der Waals surface area contributed by atoms with Gasteiger partial charge in [-0.1, -0.05) is 5.57 Å². The summed E-state index contributed by atoms with van der Waals surface area (Å²) in [6.07, 6.45) is 1.58. The molecular weight excluding hydrogens is 152 g/mol. The highest BCUT2D eigenvalue weighted by Crippen LogP contribution is 2.33. The van der Waals surface area contributed by atoms with Crippen LogP contribution >= 0.6 is 0 Å². The van der Waals surface area contributed by atoms with Gasteiger partial charge in [0.15, 0.2) is 0 Å². The van der Waals surface area contributed by atoms with Crippen molar-refractivity contribution in [1.29, 1.82) is 0 Å². The second-order valence-electron chi connectivity index (χ2n) is 4.24. The minimum atomic E-state index is -0.267. The highest BCUT2D eigenvalue weighted by Gasteiger charge is 2.39. The van der Waals surface area contributed by atoms with Gasteiger partial charge >= 0.3 is 5.97 Å². The van der Waals surface area contributed by atoms with E-state index >= 15 is 0 Å². The minimum Gasteiger partial charge on any atom is -0.459 e. The van der Waals surface area contributed by atoms with Crippen molar-refractivity contribution in [2.24, 2.45) is 5.92 Å². The van der Waals surface area contributed by atoms with Crippen LogP contribution < -0.4 is 0 Å². The number of cyclic esters (lactones) is 1. The highest BCUT2D eigenvalue weighted by molar-refractivity contribution is 5.75. The molecule has 1 rings (SSSR count). The van der Waals surface area contributed by atoms with E-state index in [0.29, 0.717) is 0 Å². The quantitative estimate of drug-likeness (QED) is 0.467. The summed E-state index contributed by atoms with van der Waals surface area (Å²) in [5.41, 5.74) is 0.784. The molecule has 0 aromatic heterocycles. The summed E-state index contributed by atoms with van der Waals surface area (Å²) in [5, 5.41) is 0. The van der Waals surface area contributed by atoms with E-state index in [2.05, 4.69) is 6.58 Å². The molecule has 1 unspecified atom stereocenters. The van der Waals surface area contributed by atoms with E-state index in [1.54, 1.807) is 0 Å². The third kappa shape index (κ3) is 2.10. The van der Waals surface area contributed by atoms with Gasteiger partial charge in [0, 0.05) is 6.42 Å². The Kier molecular flexibility index (Phi) is 2.27. The molecule has 0 aromatic rings. The number of ether oxygens (including phenoxy) is 1. The van der Waals surface area contributed by atoms with Gasteiger partial charge in [0.1, 0.15) is 5.60 Å². The zero-order valence-corrected chi connectivity index (χ0v) is 8.02. The van der Waals surface area contributed by atoms with Crippen LogP contribution in [0.15, 0.2) is 12.2 Å². The molecule has 12 heavy (non-hydrogen) atoms. The largest absolute Gasteiger partial charge is 0.459 e. The molecule has 0 spiro atoms. The predicted octanol–water partition coefficient (Wildman–Crippen LogP) is 2.29. The summed E-state index contributed by atoms with van der Waals surface area (Å²) in [5.74, 6) is -0.0273. The fourth-order valence-electron chi connectivity index (χ4n) is 1.65. The zero-order valence-electron chi connectivity index (χ0n) is 8.02. The van der Waals surface area contributed by atoms with E-state index in [4.69, 9.17) is 4.74 Å². The summed E-state index contributed by atoms with van der Waals surface area (Å²) >= 11 is 0. The van der Waals surface area contributed by atoms with Gasteiger partial charge in [-0.05, 0) is 27.2 Å². The average molecular weight is 168 g/mol. The van der Waals surface area contributed by atoms with E-state index in [9.17, 15) is 4.79 Å². The van der Waals surface area contributed by atoms with Gasteiger partial charge in [0.25, 0.3) is 0 Å². The smallest absolute Gasteiger partial charge is 0.309 e. The molecule has 0 radical (unpaired) electrons. The summed E-state index contributed by atoms with van der Waals surface area (Å²) in [6.45, 7) is 9.63. The molecule has 0 saturated carbocycles. The van der Waals surface area contributed by atoms with Crippen LogP contribution in [0.3, 0.4) is 0 Å². The number of carbonyl (C=O) groups is 1. The molecule has 68 valence electrons. The number of allylic oxidation sites excluding steroid dienone is 1. The topological polar surface area (TPSA) is 26.3 Å². The molecule has 1 atom stereocenters. The summed E-state index contributed by atoms with van der Waals surface area (Å²) in [7, 11) is 0. The van der Waals surface area contributed by atoms with Gasteiger partial charge in [-0.2, -0.15) is 0 Å². The Morgan fingerprint density at radius 2 is 2.33 bits per heavy atom. The zero-order chi connectivity index (χ0) is 9.35. The van der Waals surface area contributed by atoms with Crippen LogP contribution in [0, 0.1) is 5.92 Å². The Hall–Kier alpha value is -0.790. The first kappa shape index (κ1) is 9.30. The Balaban J connectivity index is 2.58. The lowest BCUT2D eigenvalue weighted by Crippen LogP contribution is -2.17. The molecule has 1 aliphatic rings. The van der Waals surface area contributed by atoms with Gasteiger partial charge in [0.05, 0.1) is 5.92 Å². The van der Waals surface area contributed by atoms with Gasteiger partial charge in [0.2, 0.25) is 0 Å². The summed E-state index contributed by atoms with van der Waals surface area (Å²) in [6, 6.07) is 0. The molecule has 1 saturated heterocycles. The fraction of sp³-hybridized carbons (Fsp3) is 0.700. The van der Waals surface area contributed by atoms with Gasteiger partial charge in [-0.15, -0.1) is 6.58 Å². The van der Waals surface area contributed by atoms with Crippen LogP contribution in [0.25, 0.3) is 0 Å². The Morgan fingerprint density at radius 3 is 2.67 bits per heavy atom. The second-order valence-corrected chi connectivity index (χ2v) is 4.24. The van der Waals surface area contributed by atoms with E-state index in [-0.39, 0.29) is 17.5 Å². The second kappa shape index (κ2) is 2.92. The third-order valence-electron chi connectivity index (χ3n) is 2.04. The van der Waals surface area contributed by atoms with Crippen molar-refractivity contribution in [1.82, 2.24) is 0 Å². The molecule has 1 fully saturated rings. The summed E-state index contributed by atoms with van der Waals surface area (Å²) in [4.78, 5) is 11.3. The van der Waals surface area contributed by atoms with Crippen molar-refractivity contribution in [2.75, 3.05) is 0 Å². The molecule has 1 heterocycles. The molecular formula is C10H16O2. The maximum absolute atomic E-state index is 11.3. The fourth-order valence-corrected chi connectivity index (χ4v) is 1.65. The van der Waals surface area contributed by atoms with Gasteiger partial charge in [-0.25, -0.2) is 0 Å². The van der Waals surface area contributed by atoms with E-state index < -0.39 is 0 Å². The van der Waals surface area contributed by atoms with Crippen molar-refractivity contribution in [3.05, 3.63) is 12.2 Å². The maximum Gasteiger partial charge on any atom is 0.309 e. The number of carbonyl (C=O) groups excluding carboxylic acids is 1. The van der Waals surface area contributed by atoms with Crippen LogP contribution in [0.5, 0.6) is 0 Å². The first-order valence-electron chi connectivity index (χ1n) is 4.28. The van der Waals surface area contributed by atoms with Crippen molar-refractivity contribution >= 4 is 5.97 Å². The lowest BCUT2D eigenvalue weighted by atomic mass is 9.93. The van der Waals surface area contributed by atoms with E-state index in [0.717, 1.165) is 18.4 Å². The Morgan fingerprint density at radius 1 is 1.75 bits per heavy atom. The molecule has 2 nitrogen and oxygen atoms in total. The monoisotopic (exact) mass is 168 g/mol. The first-order valence-corrected chi connectivity index (χ1v) is 4.28. The van der Waals surface area contributed by atoms with Crippen LogP contribution in [-0.2, 0) is 9.53 Å². The minimum absolute atomic E-state index is 0.0394. The average Bonchev–Trinajstić information content (AvgIpc) is 2.03. The SMILES string of the molecule is C=C(C)CC1CC(C)(C)OC1=O.